The van der Waals surface area contributed by atoms with Crippen LogP contribution in [0.1, 0.15) is 6.42 Å². The molecule has 0 unspecified atom stereocenters. The number of hydrogen-bond acceptors (Lipinski definition) is 5. The molecular weight excluding hydrogens is 274 g/mol. The van der Waals surface area contributed by atoms with Crippen molar-refractivity contribution >= 4 is 44.9 Å². The van der Waals surface area contributed by atoms with Gasteiger partial charge in [0.25, 0.3) is 0 Å². The Morgan fingerprint density at radius 1 is 1.41 bits per heavy atom. The minimum absolute atomic E-state index is 0.561. The summed E-state index contributed by atoms with van der Waals surface area (Å²) in [7, 11) is 4.16. The van der Waals surface area contributed by atoms with E-state index in [2.05, 4.69) is 29.0 Å². The zero-order valence-corrected chi connectivity index (χ0v) is 12.2. The molecule has 0 spiro atoms. The Labute approximate surface area is 114 Å². The Hall–Kier alpha value is -0.360. The molecule has 2 rings (SSSR count). The van der Waals surface area contributed by atoms with Crippen molar-refractivity contribution in [1.82, 2.24) is 14.9 Å². The van der Waals surface area contributed by atoms with Gasteiger partial charge in [-0.05, 0) is 38.5 Å². The van der Waals surface area contributed by atoms with Crippen LogP contribution < -0.4 is 0 Å². The number of thioether (sulfide) groups is 1. The van der Waals surface area contributed by atoms with Gasteiger partial charge < -0.3 is 4.90 Å². The lowest BCUT2D eigenvalue weighted by atomic mass is 10.4. The highest BCUT2D eigenvalue weighted by Crippen LogP contribution is 2.27. The summed E-state index contributed by atoms with van der Waals surface area (Å²) in [5.74, 6) is 1.02. The summed E-state index contributed by atoms with van der Waals surface area (Å²) in [5.41, 5.74) is 0. The molecule has 0 atom stereocenters. The fraction of sp³-hybridized carbons (Fsp3) is 0.455. The Kier molecular flexibility index (Phi) is 4.62. The normalized spacial score (nSPS) is 11.5. The smallest absolute Gasteiger partial charge is 0.190 e. The molecule has 92 valence electrons. The predicted octanol–water partition coefficient (Wildman–Crippen LogP) is 3.39. The van der Waals surface area contributed by atoms with Gasteiger partial charge in [0.2, 0.25) is 0 Å². The third-order valence-electron chi connectivity index (χ3n) is 2.24. The molecule has 0 saturated heterocycles. The fourth-order valence-electron chi connectivity index (χ4n) is 1.41. The van der Waals surface area contributed by atoms with Crippen LogP contribution in [-0.4, -0.2) is 41.3 Å². The van der Waals surface area contributed by atoms with Crippen LogP contribution >= 0.6 is 34.7 Å². The minimum Gasteiger partial charge on any atom is -0.309 e. The van der Waals surface area contributed by atoms with E-state index in [9.17, 15) is 0 Å². The molecule has 0 bridgehead atoms. The molecule has 0 fully saturated rings. The molecule has 17 heavy (non-hydrogen) atoms. The number of fused-ring (bicyclic) bond motifs is 1. The van der Waals surface area contributed by atoms with E-state index in [0.29, 0.717) is 5.15 Å². The van der Waals surface area contributed by atoms with Crippen LogP contribution in [0.2, 0.25) is 5.15 Å². The third-order valence-corrected chi connectivity index (χ3v) is 4.27. The minimum atomic E-state index is 0.561. The standard InChI is InChI=1S/C11H14ClN3S2/c1-15(2)5-3-6-17-11-13-9(12)8-4-7-16-10(8)14-11/h4,7H,3,5-6H2,1-2H3. The lowest BCUT2D eigenvalue weighted by molar-refractivity contribution is 0.410. The van der Waals surface area contributed by atoms with Crippen molar-refractivity contribution in [3.05, 3.63) is 16.6 Å². The van der Waals surface area contributed by atoms with Crippen molar-refractivity contribution < 1.29 is 0 Å². The van der Waals surface area contributed by atoms with E-state index in [1.54, 1.807) is 23.1 Å². The summed E-state index contributed by atoms with van der Waals surface area (Å²) in [5, 5.41) is 4.29. The molecule has 2 aromatic heterocycles. The molecule has 2 aromatic rings. The van der Waals surface area contributed by atoms with Gasteiger partial charge in [-0.3, -0.25) is 0 Å². The second-order valence-electron chi connectivity index (χ2n) is 3.94. The fourth-order valence-corrected chi connectivity index (χ4v) is 3.34. The summed E-state index contributed by atoms with van der Waals surface area (Å²) in [4.78, 5) is 11.9. The Bertz CT molecular complexity index is 498. The van der Waals surface area contributed by atoms with Crippen LogP contribution in [0, 0.1) is 0 Å². The van der Waals surface area contributed by atoms with Gasteiger partial charge in [0, 0.05) is 11.1 Å². The molecule has 0 N–H and O–H groups in total. The molecule has 0 amide bonds. The van der Waals surface area contributed by atoms with Crippen LogP contribution in [0.25, 0.3) is 10.2 Å². The van der Waals surface area contributed by atoms with Crippen LogP contribution in [0.3, 0.4) is 0 Å². The van der Waals surface area contributed by atoms with Gasteiger partial charge >= 0.3 is 0 Å². The summed E-state index contributed by atoms with van der Waals surface area (Å²) < 4.78 is 0. The molecule has 2 heterocycles. The highest BCUT2D eigenvalue weighted by atomic mass is 35.5. The number of nitrogens with zero attached hydrogens (tertiary/aromatic N) is 3. The first-order chi connectivity index (χ1) is 8.16. The number of thiophene rings is 1. The molecule has 0 aromatic carbocycles. The third kappa shape index (κ3) is 3.55. The van der Waals surface area contributed by atoms with Gasteiger partial charge in [-0.2, -0.15) is 0 Å². The van der Waals surface area contributed by atoms with Gasteiger partial charge in [-0.15, -0.1) is 11.3 Å². The zero-order chi connectivity index (χ0) is 12.3. The Balaban J connectivity index is 1.99. The molecule has 0 aliphatic heterocycles. The van der Waals surface area contributed by atoms with Crippen LogP contribution in [-0.2, 0) is 0 Å². The summed E-state index contributed by atoms with van der Waals surface area (Å²) in [6.45, 7) is 1.09. The quantitative estimate of drug-likeness (QED) is 0.365. The average Bonchev–Trinajstić information content (AvgIpc) is 2.72. The maximum atomic E-state index is 6.10. The largest absolute Gasteiger partial charge is 0.309 e. The van der Waals surface area contributed by atoms with E-state index in [1.807, 2.05) is 11.4 Å². The predicted molar refractivity (Wildman–Crippen MR) is 76.3 cm³/mol. The van der Waals surface area contributed by atoms with E-state index in [-0.39, 0.29) is 0 Å². The number of rotatable bonds is 5. The first-order valence-electron chi connectivity index (χ1n) is 5.35. The highest BCUT2D eigenvalue weighted by molar-refractivity contribution is 7.99. The van der Waals surface area contributed by atoms with Crippen molar-refractivity contribution in [3.8, 4) is 0 Å². The Morgan fingerprint density at radius 3 is 3.00 bits per heavy atom. The number of aromatic nitrogens is 2. The second-order valence-corrected chi connectivity index (χ2v) is 6.26. The van der Waals surface area contributed by atoms with Crippen molar-refractivity contribution in [2.75, 3.05) is 26.4 Å². The molecule has 0 radical (unpaired) electrons. The van der Waals surface area contributed by atoms with Crippen molar-refractivity contribution in [2.24, 2.45) is 0 Å². The second kappa shape index (κ2) is 6.00. The van der Waals surface area contributed by atoms with Crippen LogP contribution in [0.15, 0.2) is 16.6 Å². The van der Waals surface area contributed by atoms with E-state index in [1.165, 1.54) is 0 Å². The lowest BCUT2D eigenvalue weighted by Crippen LogP contribution is -2.13. The SMILES string of the molecule is CN(C)CCCSc1nc(Cl)c2ccsc2n1. The zero-order valence-electron chi connectivity index (χ0n) is 9.81. The molecule has 0 aliphatic rings. The van der Waals surface area contributed by atoms with Crippen molar-refractivity contribution in [1.29, 1.82) is 0 Å². The van der Waals surface area contributed by atoms with Gasteiger partial charge in [0.15, 0.2) is 5.16 Å². The molecule has 3 nitrogen and oxygen atoms in total. The number of hydrogen-bond donors (Lipinski definition) is 0. The average molecular weight is 288 g/mol. The first-order valence-corrected chi connectivity index (χ1v) is 7.59. The van der Waals surface area contributed by atoms with Crippen molar-refractivity contribution in [2.45, 2.75) is 11.6 Å². The topological polar surface area (TPSA) is 29.0 Å². The first kappa shape index (κ1) is 13.1. The maximum Gasteiger partial charge on any atom is 0.190 e. The van der Waals surface area contributed by atoms with E-state index in [4.69, 9.17) is 11.6 Å². The van der Waals surface area contributed by atoms with Crippen LogP contribution in [0.5, 0.6) is 0 Å². The van der Waals surface area contributed by atoms with Crippen molar-refractivity contribution in [3.63, 3.8) is 0 Å². The maximum absolute atomic E-state index is 6.10. The monoisotopic (exact) mass is 287 g/mol. The van der Waals surface area contributed by atoms with E-state index >= 15 is 0 Å². The van der Waals surface area contributed by atoms with Crippen LogP contribution in [0.4, 0.5) is 0 Å². The number of halogens is 1. The van der Waals surface area contributed by atoms with E-state index < -0.39 is 0 Å². The lowest BCUT2D eigenvalue weighted by Gasteiger charge is -2.08. The van der Waals surface area contributed by atoms with E-state index in [0.717, 1.165) is 34.1 Å². The molecule has 6 heteroatoms. The highest BCUT2D eigenvalue weighted by Gasteiger charge is 2.07. The molecule has 0 saturated carbocycles. The molecule has 0 aliphatic carbocycles. The van der Waals surface area contributed by atoms with Gasteiger partial charge in [-0.25, -0.2) is 9.97 Å². The summed E-state index contributed by atoms with van der Waals surface area (Å²) in [6.07, 6.45) is 1.13. The Morgan fingerprint density at radius 2 is 2.24 bits per heavy atom. The summed E-state index contributed by atoms with van der Waals surface area (Å²) in [6, 6.07) is 1.96. The van der Waals surface area contributed by atoms with Gasteiger partial charge in [0.1, 0.15) is 9.98 Å². The summed E-state index contributed by atoms with van der Waals surface area (Å²) >= 11 is 9.37. The van der Waals surface area contributed by atoms with Gasteiger partial charge in [-0.1, -0.05) is 23.4 Å². The van der Waals surface area contributed by atoms with Gasteiger partial charge in [0.05, 0.1) is 0 Å². The molecular formula is C11H14ClN3S2.